The van der Waals surface area contributed by atoms with E-state index in [0.717, 1.165) is 0 Å². The molecule has 0 bridgehead atoms. The molecule has 1 heterocycles. The first kappa shape index (κ1) is 12.6. The second-order valence-electron chi connectivity index (χ2n) is 2.87. The quantitative estimate of drug-likeness (QED) is 0.365. The summed E-state index contributed by atoms with van der Waals surface area (Å²) in [6.07, 6.45) is 1.14. The van der Waals surface area contributed by atoms with Crippen LogP contribution in [0.2, 0.25) is 0 Å². The third kappa shape index (κ3) is 3.27. The molecule has 0 aliphatic rings. The van der Waals surface area contributed by atoms with Gasteiger partial charge in [0, 0.05) is 12.3 Å². The fourth-order valence-electron chi connectivity index (χ4n) is 1.12. The lowest BCUT2D eigenvalue weighted by Gasteiger charge is -2.02. The van der Waals surface area contributed by atoms with Crippen molar-refractivity contribution in [2.75, 3.05) is 6.61 Å². The van der Waals surface area contributed by atoms with Gasteiger partial charge in [0.15, 0.2) is 0 Å². The third-order valence-corrected chi connectivity index (χ3v) is 2.20. The van der Waals surface area contributed by atoms with Crippen LogP contribution >= 0.6 is 15.9 Å². The van der Waals surface area contributed by atoms with Gasteiger partial charge in [0.2, 0.25) is 0 Å². The summed E-state index contributed by atoms with van der Waals surface area (Å²) < 4.78 is 5.06. The average Bonchev–Trinajstić information content (AvgIpc) is 2.20. The van der Waals surface area contributed by atoms with Crippen LogP contribution in [0, 0.1) is 10.1 Å². The largest absolute Gasteiger partial charge is 0.466 e. The van der Waals surface area contributed by atoms with Crippen molar-refractivity contribution in [3.8, 4) is 0 Å². The summed E-state index contributed by atoms with van der Waals surface area (Å²) in [6, 6.07) is 1.26. The van der Waals surface area contributed by atoms with Crippen molar-refractivity contribution < 1.29 is 14.5 Å². The summed E-state index contributed by atoms with van der Waals surface area (Å²) in [5.41, 5.74) is 0.0987. The molecule has 0 radical (unpaired) electrons. The van der Waals surface area contributed by atoms with Crippen LogP contribution < -0.4 is 0 Å². The van der Waals surface area contributed by atoms with Gasteiger partial charge in [0.05, 0.1) is 23.5 Å². The van der Waals surface area contributed by atoms with Gasteiger partial charge >= 0.3 is 5.97 Å². The lowest BCUT2D eigenvalue weighted by molar-refractivity contribution is -0.385. The number of rotatable bonds is 4. The zero-order chi connectivity index (χ0) is 12.1. The zero-order valence-electron chi connectivity index (χ0n) is 8.47. The fourth-order valence-corrected chi connectivity index (χ4v) is 1.44. The molecule has 0 amide bonds. The first-order valence-corrected chi connectivity index (χ1v) is 5.28. The Kier molecular flexibility index (Phi) is 4.36. The molecule has 1 aromatic rings. The summed E-state index contributed by atoms with van der Waals surface area (Å²) in [6.45, 7) is 1.92. The topological polar surface area (TPSA) is 82.3 Å². The Bertz CT molecular complexity index is 422. The van der Waals surface area contributed by atoms with E-state index in [9.17, 15) is 14.9 Å². The average molecular weight is 289 g/mol. The van der Waals surface area contributed by atoms with Gasteiger partial charge in [-0.25, -0.2) is 4.98 Å². The van der Waals surface area contributed by atoms with Gasteiger partial charge < -0.3 is 4.74 Å². The van der Waals surface area contributed by atoms with Crippen molar-refractivity contribution >= 4 is 27.6 Å². The van der Waals surface area contributed by atoms with E-state index in [4.69, 9.17) is 4.74 Å². The molecule has 0 saturated heterocycles. The van der Waals surface area contributed by atoms with Crippen LogP contribution in [0.3, 0.4) is 0 Å². The highest BCUT2D eigenvalue weighted by atomic mass is 79.9. The predicted molar refractivity (Wildman–Crippen MR) is 58.9 cm³/mol. The van der Waals surface area contributed by atoms with Gasteiger partial charge in [-0.15, -0.1) is 0 Å². The van der Waals surface area contributed by atoms with Crippen molar-refractivity contribution in [2.45, 2.75) is 13.3 Å². The van der Waals surface area contributed by atoms with E-state index >= 15 is 0 Å². The summed E-state index contributed by atoms with van der Waals surface area (Å²) in [4.78, 5) is 25.2. The number of carbonyl (C=O) groups excluding carboxylic acids is 1. The highest BCUT2D eigenvalue weighted by Gasteiger charge is 2.18. The number of nitrogens with zero attached hydrogens (tertiary/aromatic N) is 2. The number of hydrogen-bond donors (Lipinski definition) is 0. The van der Waals surface area contributed by atoms with Gasteiger partial charge in [-0.1, -0.05) is 0 Å². The molecule has 0 saturated carbocycles. The minimum Gasteiger partial charge on any atom is -0.466 e. The van der Waals surface area contributed by atoms with E-state index in [0.29, 0.717) is 4.60 Å². The molecule has 0 N–H and O–H groups in total. The molecule has 0 aliphatic carbocycles. The maximum atomic E-state index is 11.2. The molecular weight excluding hydrogens is 280 g/mol. The minimum absolute atomic E-state index is 0.144. The standard InChI is InChI=1S/C9H9BrN2O4/c1-2-16-9(13)3-6-5-11-8(10)4-7(6)12(14)15/h4-5H,2-3H2,1H3. The number of nitro groups is 1. The first-order chi connectivity index (χ1) is 7.54. The van der Waals surface area contributed by atoms with Crippen molar-refractivity contribution in [1.29, 1.82) is 0 Å². The Labute approximate surface area is 99.9 Å². The Morgan fingerprint density at radius 3 is 2.94 bits per heavy atom. The smallest absolute Gasteiger partial charge is 0.310 e. The van der Waals surface area contributed by atoms with Crippen LogP contribution in [0.4, 0.5) is 5.69 Å². The van der Waals surface area contributed by atoms with E-state index in [2.05, 4.69) is 20.9 Å². The summed E-state index contributed by atoms with van der Waals surface area (Å²) in [5.74, 6) is -0.505. The van der Waals surface area contributed by atoms with Crippen molar-refractivity contribution in [2.24, 2.45) is 0 Å². The summed E-state index contributed by atoms with van der Waals surface area (Å²) in [7, 11) is 0. The van der Waals surface area contributed by atoms with Crippen LogP contribution in [0.1, 0.15) is 12.5 Å². The van der Waals surface area contributed by atoms with E-state index in [1.807, 2.05) is 0 Å². The number of aromatic nitrogens is 1. The maximum absolute atomic E-state index is 11.2. The Morgan fingerprint density at radius 1 is 1.69 bits per heavy atom. The van der Waals surface area contributed by atoms with Crippen LogP contribution in [-0.4, -0.2) is 22.5 Å². The molecule has 1 aromatic heterocycles. The number of ether oxygens (including phenoxy) is 1. The summed E-state index contributed by atoms with van der Waals surface area (Å²) >= 11 is 3.03. The molecule has 0 aliphatic heterocycles. The lowest BCUT2D eigenvalue weighted by Crippen LogP contribution is -2.09. The lowest BCUT2D eigenvalue weighted by atomic mass is 10.2. The van der Waals surface area contributed by atoms with Crippen molar-refractivity contribution in [1.82, 2.24) is 4.98 Å². The van der Waals surface area contributed by atoms with Crippen LogP contribution in [-0.2, 0) is 16.0 Å². The molecule has 6 nitrogen and oxygen atoms in total. The molecule has 0 fully saturated rings. The van der Waals surface area contributed by atoms with Gasteiger partial charge in [-0.05, 0) is 22.9 Å². The highest BCUT2D eigenvalue weighted by molar-refractivity contribution is 9.10. The Hall–Kier alpha value is -1.50. The van der Waals surface area contributed by atoms with E-state index in [1.54, 1.807) is 6.92 Å². The van der Waals surface area contributed by atoms with Gasteiger partial charge in [-0.3, -0.25) is 14.9 Å². The molecule has 1 rings (SSSR count). The van der Waals surface area contributed by atoms with Crippen LogP contribution in [0.15, 0.2) is 16.9 Å². The molecule has 0 unspecified atom stereocenters. The van der Waals surface area contributed by atoms with Gasteiger partial charge in [0.25, 0.3) is 5.69 Å². The molecule has 86 valence electrons. The van der Waals surface area contributed by atoms with E-state index in [-0.39, 0.29) is 24.3 Å². The SMILES string of the molecule is CCOC(=O)Cc1cnc(Br)cc1[N+](=O)[O-]. The Morgan fingerprint density at radius 2 is 2.38 bits per heavy atom. The van der Waals surface area contributed by atoms with Gasteiger partial charge in [-0.2, -0.15) is 0 Å². The molecular formula is C9H9BrN2O4. The molecule has 16 heavy (non-hydrogen) atoms. The number of hydrogen-bond acceptors (Lipinski definition) is 5. The van der Waals surface area contributed by atoms with Crippen LogP contribution in [0.5, 0.6) is 0 Å². The van der Waals surface area contributed by atoms with Crippen LogP contribution in [0.25, 0.3) is 0 Å². The predicted octanol–water partition coefficient (Wildman–Crippen LogP) is 1.86. The molecule has 0 aromatic carbocycles. The fraction of sp³-hybridized carbons (Fsp3) is 0.333. The van der Waals surface area contributed by atoms with Crippen molar-refractivity contribution in [3.63, 3.8) is 0 Å². The maximum Gasteiger partial charge on any atom is 0.310 e. The second kappa shape index (κ2) is 5.55. The third-order valence-electron chi connectivity index (χ3n) is 1.77. The molecule has 0 atom stereocenters. The number of halogens is 1. The number of pyridine rings is 1. The minimum atomic E-state index is -0.555. The van der Waals surface area contributed by atoms with Gasteiger partial charge in [0.1, 0.15) is 4.60 Å². The Balaban J connectivity index is 2.95. The molecule has 0 spiro atoms. The number of carbonyl (C=O) groups is 1. The highest BCUT2D eigenvalue weighted by Crippen LogP contribution is 2.21. The van der Waals surface area contributed by atoms with E-state index < -0.39 is 10.9 Å². The van der Waals surface area contributed by atoms with E-state index in [1.165, 1.54) is 12.3 Å². The number of esters is 1. The summed E-state index contributed by atoms with van der Waals surface area (Å²) in [5, 5.41) is 10.7. The monoisotopic (exact) mass is 288 g/mol. The normalized spacial score (nSPS) is 9.88. The second-order valence-corrected chi connectivity index (χ2v) is 3.69. The zero-order valence-corrected chi connectivity index (χ0v) is 10.1. The van der Waals surface area contributed by atoms with Crippen molar-refractivity contribution in [3.05, 3.63) is 32.5 Å². The first-order valence-electron chi connectivity index (χ1n) is 4.49. The molecule has 7 heteroatoms.